The van der Waals surface area contributed by atoms with Crippen LogP contribution in [0.1, 0.15) is 19.4 Å². The first-order chi connectivity index (χ1) is 9.99. The molecule has 4 heteroatoms. The van der Waals surface area contributed by atoms with Gasteiger partial charge in [-0.25, -0.2) is 0 Å². The Kier molecular flexibility index (Phi) is 4.38. The van der Waals surface area contributed by atoms with Crippen molar-refractivity contribution < 1.29 is 9.90 Å². The maximum absolute atomic E-state index is 11.5. The van der Waals surface area contributed by atoms with Crippen molar-refractivity contribution in [3.05, 3.63) is 59.6 Å². The first-order valence-corrected chi connectivity index (χ1v) is 6.68. The quantitative estimate of drug-likeness (QED) is 0.525. The summed E-state index contributed by atoms with van der Waals surface area (Å²) in [6.07, 6.45) is 5.28. The number of carbonyl (C=O) groups is 1. The second-order valence-corrected chi connectivity index (χ2v) is 4.90. The van der Waals surface area contributed by atoms with E-state index in [2.05, 4.69) is 4.99 Å². The molecule has 1 N–H and O–H groups in total. The molecule has 2 aromatic rings. The fourth-order valence-corrected chi connectivity index (χ4v) is 2.02. The lowest BCUT2D eigenvalue weighted by Crippen LogP contribution is -2.01. The normalized spacial score (nSPS) is 12.5. The first-order valence-electron chi connectivity index (χ1n) is 6.68. The number of hydrogen-bond acceptors (Lipinski definition) is 3. The number of aliphatic hydroxyl groups excluding tert-OH is 1. The molecule has 0 aliphatic rings. The van der Waals surface area contributed by atoms with E-state index in [9.17, 15) is 9.90 Å². The third-order valence-electron chi connectivity index (χ3n) is 3.12. The highest BCUT2D eigenvalue weighted by molar-refractivity contribution is 6.13. The lowest BCUT2D eigenvalue weighted by molar-refractivity contribution is -0.113. The van der Waals surface area contributed by atoms with Gasteiger partial charge in [0, 0.05) is 18.6 Å². The molecule has 1 aromatic heterocycles. The number of allylic oxidation sites excluding steroid dienone is 2. The average Bonchev–Trinajstić information content (AvgIpc) is 2.92. The number of benzene rings is 1. The third-order valence-corrected chi connectivity index (χ3v) is 3.12. The maximum atomic E-state index is 11.5. The fourth-order valence-electron chi connectivity index (χ4n) is 2.02. The summed E-state index contributed by atoms with van der Waals surface area (Å²) >= 11 is 0. The smallest absolute Gasteiger partial charge is 0.164 e. The Hall–Kier alpha value is -2.62. The minimum atomic E-state index is -0.214. The Morgan fingerprint density at radius 3 is 2.48 bits per heavy atom. The zero-order valence-electron chi connectivity index (χ0n) is 12.4. The van der Waals surface area contributed by atoms with Crippen molar-refractivity contribution in [2.75, 3.05) is 0 Å². The van der Waals surface area contributed by atoms with Gasteiger partial charge in [0.15, 0.2) is 5.78 Å². The van der Waals surface area contributed by atoms with Crippen LogP contribution in [0.4, 0.5) is 5.69 Å². The predicted octanol–water partition coefficient (Wildman–Crippen LogP) is 3.91. The zero-order chi connectivity index (χ0) is 15.4. The monoisotopic (exact) mass is 282 g/mol. The summed E-state index contributed by atoms with van der Waals surface area (Å²) in [5, 5.41) is 9.53. The van der Waals surface area contributed by atoms with Crippen LogP contribution in [0.3, 0.4) is 0 Å². The molecule has 0 saturated heterocycles. The minimum Gasteiger partial charge on any atom is -0.512 e. The second-order valence-electron chi connectivity index (χ2n) is 4.90. The van der Waals surface area contributed by atoms with E-state index in [-0.39, 0.29) is 17.1 Å². The summed E-state index contributed by atoms with van der Waals surface area (Å²) < 4.78 is 1.95. The summed E-state index contributed by atoms with van der Waals surface area (Å²) in [6, 6.07) is 9.80. The molecule has 0 fully saturated rings. The van der Waals surface area contributed by atoms with Crippen LogP contribution in [0.25, 0.3) is 5.69 Å². The van der Waals surface area contributed by atoms with Crippen LogP contribution in [0.2, 0.25) is 0 Å². The Balaban J connectivity index is 2.47. The van der Waals surface area contributed by atoms with Crippen molar-refractivity contribution in [3.8, 4) is 5.69 Å². The highest BCUT2D eigenvalue weighted by atomic mass is 16.3. The van der Waals surface area contributed by atoms with E-state index < -0.39 is 0 Å². The molecule has 0 unspecified atom stereocenters. The number of ketones is 1. The number of aromatic nitrogens is 1. The van der Waals surface area contributed by atoms with Crippen LogP contribution in [-0.4, -0.2) is 21.7 Å². The molecule has 0 aliphatic heterocycles. The van der Waals surface area contributed by atoms with Gasteiger partial charge in [-0.3, -0.25) is 9.79 Å². The summed E-state index contributed by atoms with van der Waals surface area (Å²) in [6.45, 7) is 4.87. The van der Waals surface area contributed by atoms with Gasteiger partial charge in [-0.2, -0.15) is 0 Å². The van der Waals surface area contributed by atoms with E-state index in [0.717, 1.165) is 16.9 Å². The topological polar surface area (TPSA) is 54.6 Å². The van der Waals surface area contributed by atoms with Gasteiger partial charge >= 0.3 is 0 Å². The molecule has 1 aromatic carbocycles. The van der Waals surface area contributed by atoms with Gasteiger partial charge in [-0.1, -0.05) is 6.07 Å². The van der Waals surface area contributed by atoms with E-state index in [4.69, 9.17) is 0 Å². The number of hydrogen-bond donors (Lipinski definition) is 1. The highest BCUT2D eigenvalue weighted by Crippen LogP contribution is 2.25. The van der Waals surface area contributed by atoms with Crippen LogP contribution in [0.5, 0.6) is 0 Å². The Bertz CT molecular complexity index is 706. The molecule has 0 amide bonds. The van der Waals surface area contributed by atoms with E-state index in [1.54, 1.807) is 0 Å². The summed E-state index contributed by atoms with van der Waals surface area (Å²) in [5.41, 5.74) is 2.95. The van der Waals surface area contributed by atoms with E-state index >= 15 is 0 Å². The van der Waals surface area contributed by atoms with Crippen LogP contribution >= 0.6 is 0 Å². The molecule has 0 radical (unpaired) electrons. The van der Waals surface area contributed by atoms with Gasteiger partial charge in [-0.15, -0.1) is 0 Å². The summed E-state index contributed by atoms with van der Waals surface area (Å²) in [7, 11) is 0. The SMILES string of the molecule is CC(=O)/C(C=Nc1cc(C)ccc1-n1cccc1)=C(\C)O. The number of aliphatic imine (C=N–C) groups is 1. The van der Waals surface area contributed by atoms with Crippen molar-refractivity contribution in [2.45, 2.75) is 20.8 Å². The molecular formula is C17H18N2O2. The van der Waals surface area contributed by atoms with Crippen molar-refractivity contribution >= 4 is 17.7 Å². The summed E-state index contributed by atoms with van der Waals surface area (Å²) in [4.78, 5) is 15.9. The van der Waals surface area contributed by atoms with Gasteiger partial charge in [0.2, 0.25) is 0 Å². The number of Topliss-reactive ketones (excluding diaryl/α,β-unsaturated/α-hetero) is 1. The molecule has 2 rings (SSSR count). The van der Waals surface area contributed by atoms with Gasteiger partial charge in [0.05, 0.1) is 16.9 Å². The van der Waals surface area contributed by atoms with Crippen molar-refractivity contribution in [2.24, 2.45) is 4.99 Å². The highest BCUT2D eigenvalue weighted by Gasteiger charge is 2.07. The molecule has 1 heterocycles. The third kappa shape index (κ3) is 3.48. The maximum Gasteiger partial charge on any atom is 0.164 e. The van der Waals surface area contributed by atoms with Crippen LogP contribution in [0, 0.1) is 6.92 Å². The van der Waals surface area contributed by atoms with Crippen molar-refractivity contribution in [3.63, 3.8) is 0 Å². The lowest BCUT2D eigenvalue weighted by Gasteiger charge is -2.08. The molecular weight excluding hydrogens is 264 g/mol. The van der Waals surface area contributed by atoms with Gasteiger partial charge in [-0.05, 0) is 50.6 Å². The Morgan fingerprint density at radius 2 is 1.90 bits per heavy atom. The molecule has 0 spiro atoms. The zero-order valence-corrected chi connectivity index (χ0v) is 12.4. The van der Waals surface area contributed by atoms with E-state index in [0.29, 0.717) is 0 Å². The van der Waals surface area contributed by atoms with Gasteiger partial charge < -0.3 is 9.67 Å². The van der Waals surface area contributed by atoms with Crippen molar-refractivity contribution in [1.82, 2.24) is 4.57 Å². The molecule has 0 saturated carbocycles. The fraction of sp³-hybridized carbons (Fsp3) is 0.176. The summed E-state index contributed by atoms with van der Waals surface area (Å²) in [5.74, 6) is -0.240. The number of aryl methyl sites for hydroxylation is 1. The van der Waals surface area contributed by atoms with Gasteiger partial charge in [0.25, 0.3) is 0 Å². The molecule has 0 atom stereocenters. The molecule has 108 valence electrons. The molecule has 0 bridgehead atoms. The number of nitrogens with zero attached hydrogens (tertiary/aromatic N) is 2. The molecule has 21 heavy (non-hydrogen) atoms. The van der Waals surface area contributed by atoms with Crippen LogP contribution in [-0.2, 0) is 4.79 Å². The largest absolute Gasteiger partial charge is 0.512 e. The van der Waals surface area contributed by atoms with E-state index in [1.807, 2.05) is 54.2 Å². The second kappa shape index (κ2) is 6.22. The standard InChI is InChI=1S/C17H18N2O2/c1-12-6-7-17(19-8-4-5-9-19)16(10-12)18-11-15(13(2)20)14(3)21/h4-11,20H,1-3H3/b15-13+,18-11?. The van der Waals surface area contributed by atoms with E-state index in [1.165, 1.54) is 20.1 Å². The number of carbonyl (C=O) groups excluding carboxylic acids is 1. The van der Waals surface area contributed by atoms with Crippen molar-refractivity contribution in [1.29, 1.82) is 0 Å². The first kappa shape index (κ1) is 14.8. The molecule has 4 nitrogen and oxygen atoms in total. The number of aliphatic hydroxyl groups is 1. The lowest BCUT2D eigenvalue weighted by atomic mass is 10.1. The molecule has 0 aliphatic carbocycles. The van der Waals surface area contributed by atoms with Gasteiger partial charge in [0.1, 0.15) is 5.76 Å². The van der Waals surface area contributed by atoms with Crippen LogP contribution in [0.15, 0.2) is 59.1 Å². The average molecular weight is 282 g/mol. The Labute approximate surface area is 124 Å². The predicted molar refractivity (Wildman–Crippen MR) is 84.7 cm³/mol. The minimum absolute atomic E-state index is 0.0265. The Morgan fingerprint density at radius 1 is 1.24 bits per heavy atom. The van der Waals surface area contributed by atoms with Crippen LogP contribution < -0.4 is 0 Å². The number of rotatable bonds is 4.